The van der Waals surface area contributed by atoms with E-state index in [9.17, 15) is 13.6 Å². The molecule has 1 atom stereocenters. The lowest BCUT2D eigenvalue weighted by molar-refractivity contribution is -0.125. The number of fused-ring (bicyclic) bond motifs is 1. The summed E-state index contributed by atoms with van der Waals surface area (Å²) in [6.07, 6.45) is 1.45. The van der Waals surface area contributed by atoms with Gasteiger partial charge in [-0.05, 0) is 19.8 Å². The van der Waals surface area contributed by atoms with Crippen LogP contribution < -0.4 is 5.32 Å². The lowest BCUT2D eigenvalue weighted by Gasteiger charge is -2.23. The van der Waals surface area contributed by atoms with Crippen LogP contribution in [0.2, 0.25) is 0 Å². The number of hydrogen-bond acceptors (Lipinski definition) is 2. The zero-order chi connectivity index (χ0) is 15.7. The summed E-state index contributed by atoms with van der Waals surface area (Å²) in [5.74, 6) is -2.07. The van der Waals surface area contributed by atoms with Gasteiger partial charge in [-0.15, -0.1) is 0 Å². The molecule has 2 rings (SSSR count). The summed E-state index contributed by atoms with van der Waals surface area (Å²) in [4.78, 5) is 16.4. The summed E-state index contributed by atoms with van der Waals surface area (Å²) >= 11 is 0. The van der Waals surface area contributed by atoms with E-state index in [1.165, 1.54) is 6.33 Å². The molecule has 2 aromatic rings. The summed E-state index contributed by atoms with van der Waals surface area (Å²) in [6, 6.07) is 1.60. The molecule has 114 valence electrons. The van der Waals surface area contributed by atoms with Crippen molar-refractivity contribution in [2.45, 2.75) is 39.8 Å². The molecule has 0 aliphatic heterocycles. The third-order valence-corrected chi connectivity index (χ3v) is 3.25. The van der Waals surface area contributed by atoms with Gasteiger partial charge >= 0.3 is 0 Å². The third kappa shape index (κ3) is 3.04. The standard InChI is InChI=1S/C15H19F2N3O/c1-8(2)14(15(21)19-9(3)4)20-7-18-12-5-10(16)11(17)6-13(12)20/h5-9,14H,1-4H3,(H,19,21)/t14-/m1/s1. The minimum atomic E-state index is -0.948. The molecule has 1 N–H and O–H groups in total. The van der Waals surface area contributed by atoms with E-state index in [4.69, 9.17) is 0 Å². The Balaban J connectivity index is 2.50. The topological polar surface area (TPSA) is 46.9 Å². The Morgan fingerprint density at radius 1 is 1.19 bits per heavy atom. The molecule has 21 heavy (non-hydrogen) atoms. The second-order valence-electron chi connectivity index (χ2n) is 5.76. The molecule has 4 nitrogen and oxygen atoms in total. The van der Waals surface area contributed by atoms with Gasteiger partial charge < -0.3 is 9.88 Å². The molecule has 0 saturated carbocycles. The maximum atomic E-state index is 13.5. The van der Waals surface area contributed by atoms with Crippen LogP contribution in [0.15, 0.2) is 18.5 Å². The molecule has 1 heterocycles. The van der Waals surface area contributed by atoms with Crippen LogP contribution >= 0.6 is 0 Å². The van der Waals surface area contributed by atoms with Crippen LogP contribution in [0.5, 0.6) is 0 Å². The van der Waals surface area contributed by atoms with Gasteiger partial charge in [-0.2, -0.15) is 0 Å². The molecule has 0 saturated heterocycles. The number of carbonyl (C=O) groups is 1. The zero-order valence-corrected chi connectivity index (χ0v) is 12.5. The second kappa shape index (κ2) is 5.79. The van der Waals surface area contributed by atoms with Crippen molar-refractivity contribution in [3.63, 3.8) is 0 Å². The first kappa shape index (κ1) is 15.4. The highest BCUT2D eigenvalue weighted by Gasteiger charge is 2.26. The number of rotatable bonds is 4. The van der Waals surface area contributed by atoms with Gasteiger partial charge in [0, 0.05) is 18.2 Å². The fraction of sp³-hybridized carbons (Fsp3) is 0.467. The number of imidazole rings is 1. The minimum Gasteiger partial charge on any atom is -0.352 e. The van der Waals surface area contributed by atoms with Crippen LogP contribution in [0, 0.1) is 17.6 Å². The predicted octanol–water partition coefficient (Wildman–Crippen LogP) is 3.04. The van der Waals surface area contributed by atoms with Crippen LogP contribution in [0.1, 0.15) is 33.7 Å². The second-order valence-corrected chi connectivity index (χ2v) is 5.76. The SMILES string of the molecule is CC(C)NC(=O)[C@@H](C(C)C)n1cnc2cc(F)c(F)cc21. The van der Waals surface area contributed by atoms with Crippen LogP contribution in [0.4, 0.5) is 8.78 Å². The van der Waals surface area contributed by atoms with Gasteiger partial charge in [0.05, 0.1) is 17.4 Å². The molecule has 1 aromatic heterocycles. The van der Waals surface area contributed by atoms with Gasteiger partial charge in [0.1, 0.15) is 6.04 Å². The highest BCUT2D eigenvalue weighted by molar-refractivity contribution is 5.84. The summed E-state index contributed by atoms with van der Waals surface area (Å²) in [5, 5.41) is 2.85. The molecule has 0 aliphatic rings. The predicted molar refractivity (Wildman–Crippen MR) is 76.8 cm³/mol. The third-order valence-electron chi connectivity index (χ3n) is 3.25. The Bertz CT molecular complexity index is 664. The lowest BCUT2D eigenvalue weighted by atomic mass is 10.0. The number of nitrogens with zero attached hydrogens (tertiary/aromatic N) is 2. The van der Waals surface area contributed by atoms with E-state index >= 15 is 0 Å². The molecule has 0 bridgehead atoms. The Kier molecular flexibility index (Phi) is 4.25. The molecular formula is C15H19F2N3O. The Hall–Kier alpha value is -1.98. The molecule has 0 radical (unpaired) electrons. The monoisotopic (exact) mass is 295 g/mol. The first-order valence-electron chi connectivity index (χ1n) is 6.93. The fourth-order valence-electron chi connectivity index (χ4n) is 2.36. The first-order valence-corrected chi connectivity index (χ1v) is 6.93. The highest BCUT2D eigenvalue weighted by atomic mass is 19.2. The maximum Gasteiger partial charge on any atom is 0.243 e. The van der Waals surface area contributed by atoms with E-state index in [-0.39, 0.29) is 17.9 Å². The van der Waals surface area contributed by atoms with E-state index in [1.807, 2.05) is 27.7 Å². The molecular weight excluding hydrogens is 276 g/mol. The molecule has 1 aromatic carbocycles. The average molecular weight is 295 g/mol. The van der Waals surface area contributed by atoms with Crippen LogP contribution in [-0.2, 0) is 4.79 Å². The summed E-state index contributed by atoms with van der Waals surface area (Å²) < 4.78 is 28.3. The largest absolute Gasteiger partial charge is 0.352 e. The van der Waals surface area contributed by atoms with Gasteiger partial charge in [0.2, 0.25) is 5.91 Å². The van der Waals surface area contributed by atoms with E-state index < -0.39 is 17.7 Å². The van der Waals surface area contributed by atoms with E-state index in [0.29, 0.717) is 11.0 Å². The van der Waals surface area contributed by atoms with Crippen molar-refractivity contribution in [1.82, 2.24) is 14.9 Å². The average Bonchev–Trinajstić information content (AvgIpc) is 2.72. The van der Waals surface area contributed by atoms with E-state index in [1.54, 1.807) is 4.57 Å². The molecule has 1 amide bonds. The number of aromatic nitrogens is 2. The van der Waals surface area contributed by atoms with Crippen molar-refractivity contribution in [2.75, 3.05) is 0 Å². The lowest BCUT2D eigenvalue weighted by Crippen LogP contribution is -2.38. The molecule has 0 unspecified atom stereocenters. The molecule has 0 fully saturated rings. The number of amides is 1. The number of carbonyl (C=O) groups excluding carboxylic acids is 1. The number of nitrogens with one attached hydrogen (secondary N) is 1. The van der Waals surface area contributed by atoms with Crippen molar-refractivity contribution in [3.8, 4) is 0 Å². The van der Waals surface area contributed by atoms with E-state index in [0.717, 1.165) is 12.1 Å². The fourth-order valence-corrected chi connectivity index (χ4v) is 2.36. The summed E-state index contributed by atoms with van der Waals surface area (Å²) in [7, 11) is 0. The summed E-state index contributed by atoms with van der Waals surface area (Å²) in [6.45, 7) is 7.54. The smallest absolute Gasteiger partial charge is 0.243 e. The van der Waals surface area contributed by atoms with Crippen LogP contribution in [0.25, 0.3) is 11.0 Å². The number of benzene rings is 1. The minimum absolute atomic E-state index is 0.00251. The number of hydrogen-bond donors (Lipinski definition) is 1. The van der Waals surface area contributed by atoms with Crippen molar-refractivity contribution in [2.24, 2.45) is 5.92 Å². The number of halogens is 2. The Labute approximate surface area is 122 Å². The highest BCUT2D eigenvalue weighted by Crippen LogP contribution is 2.25. The van der Waals surface area contributed by atoms with Gasteiger partial charge in [0.25, 0.3) is 0 Å². The molecule has 0 spiro atoms. The van der Waals surface area contributed by atoms with Crippen molar-refractivity contribution < 1.29 is 13.6 Å². The Morgan fingerprint density at radius 2 is 1.81 bits per heavy atom. The van der Waals surface area contributed by atoms with Crippen LogP contribution in [0.3, 0.4) is 0 Å². The maximum absolute atomic E-state index is 13.5. The molecule has 0 aliphatic carbocycles. The molecule has 6 heteroatoms. The Morgan fingerprint density at radius 3 is 2.38 bits per heavy atom. The van der Waals surface area contributed by atoms with E-state index in [2.05, 4.69) is 10.3 Å². The first-order chi connectivity index (χ1) is 9.81. The quantitative estimate of drug-likeness (QED) is 0.942. The van der Waals surface area contributed by atoms with Crippen LogP contribution in [-0.4, -0.2) is 21.5 Å². The zero-order valence-electron chi connectivity index (χ0n) is 12.5. The van der Waals surface area contributed by atoms with Gasteiger partial charge in [-0.3, -0.25) is 4.79 Å². The van der Waals surface area contributed by atoms with Crippen molar-refractivity contribution >= 4 is 16.9 Å². The summed E-state index contributed by atoms with van der Waals surface area (Å²) in [5.41, 5.74) is 0.739. The van der Waals surface area contributed by atoms with Gasteiger partial charge in [0.15, 0.2) is 11.6 Å². The van der Waals surface area contributed by atoms with Crippen molar-refractivity contribution in [1.29, 1.82) is 0 Å². The van der Waals surface area contributed by atoms with Gasteiger partial charge in [-0.25, -0.2) is 13.8 Å². The van der Waals surface area contributed by atoms with Gasteiger partial charge in [-0.1, -0.05) is 13.8 Å². The normalized spacial score (nSPS) is 13.1. The van der Waals surface area contributed by atoms with Crippen molar-refractivity contribution in [3.05, 3.63) is 30.1 Å².